The van der Waals surface area contributed by atoms with Crippen LogP contribution in [0.25, 0.3) is 0 Å². The number of hydrogen-bond acceptors (Lipinski definition) is 4. The van der Waals surface area contributed by atoms with E-state index in [1.807, 2.05) is 13.0 Å². The van der Waals surface area contributed by atoms with Gasteiger partial charge >= 0.3 is 6.09 Å². The third-order valence-corrected chi connectivity index (χ3v) is 2.74. The van der Waals surface area contributed by atoms with Crippen molar-refractivity contribution in [1.29, 1.82) is 0 Å². The van der Waals surface area contributed by atoms with Gasteiger partial charge in [-0.1, -0.05) is 18.2 Å². The number of amides is 1. The zero-order valence-corrected chi connectivity index (χ0v) is 10.3. The molecular weight excluding hydrogens is 234 g/mol. The molecule has 1 aliphatic rings. The summed E-state index contributed by atoms with van der Waals surface area (Å²) in [5.41, 5.74) is 0. The van der Waals surface area contributed by atoms with Crippen LogP contribution < -0.4 is 4.74 Å². The minimum absolute atomic E-state index is 0.0978. The molecule has 5 nitrogen and oxygen atoms in total. The topological polar surface area (TPSA) is 59.0 Å². The molecule has 1 heterocycles. The van der Waals surface area contributed by atoms with E-state index in [-0.39, 0.29) is 18.8 Å². The first-order valence-corrected chi connectivity index (χ1v) is 5.97. The Labute approximate surface area is 106 Å². The van der Waals surface area contributed by atoms with Gasteiger partial charge in [0.1, 0.15) is 5.75 Å². The lowest BCUT2D eigenvalue weighted by atomic mass is 10.2. The Kier molecular flexibility index (Phi) is 4.17. The van der Waals surface area contributed by atoms with E-state index in [0.717, 1.165) is 0 Å². The van der Waals surface area contributed by atoms with Crippen LogP contribution in [0.5, 0.6) is 5.75 Å². The van der Waals surface area contributed by atoms with E-state index in [1.54, 1.807) is 29.2 Å². The second-order valence-electron chi connectivity index (χ2n) is 4.34. The van der Waals surface area contributed by atoms with Gasteiger partial charge in [-0.25, -0.2) is 4.79 Å². The maximum Gasteiger partial charge on any atom is 0.415 e. The minimum atomic E-state index is -0.408. The van der Waals surface area contributed by atoms with E-state index in [0.29, 0.717) is 18.8 Å². The van der Waals surface area contributed by atoms with Gasteiger partial charge in [-0.05, 0) is 19.1 Å². The summed E-state index contributed by atoms with van der Waals surface area (Å²) < 4.78 is 10.7. The van der Waals surface area contributed by atoms with Gasteiger partial charge in [-0.15, -0.1) is 0 Å². The highest BCUT2D eigenvalue weighted by atomic mass is 16.6. The van der Waals surface area contributed by atoms with Gasteiger partial charge in [-0.2, -0.15) is 0 Å². The molecule has 0 aliphatic carbocycles. The van der Waals surface area contributed by atoms with E-state index in [9.17, 15) is 4.79 Å². The van der Waals surface area contributed by atoms with Gasteiger partial charge in [0.2, 0.25) is 0 Å². The van der Waals surface area contributed by atoms with E-state index >= 15 is 0 Å². The lowest BCUT2D eigenvalue weighted by Gasteiger charge is -2.35. The summed E-state index contributed by atoms with van der Waals surface area (Å²) >= 11 is 0. The monoisotopic (exact) mass is 251 g/mol. The van der Waals surface area contributed by atoms with Crippen molar-refractivity contribution in [3.63, 3.8) is 0 Å². The van der Waals surface area contributed by atoms with Gasteiger partial charge in [0.05, 0.1) is 31.9 Å². The van der Waals surface area contributed by atoms with Crippen LogP contribution in [0.1, 0.15) is 6.92 Å². The van der Waals surface area contributed by atoms with Crippen molar-refractivity contribution in [3.05, 3.63) is 30.3 Å². The zero-order chi connectivity index (χ0) is 13.0. The van der Waals surface area contributed by atoms with Gasteiger partial charge in [0.15, 0.2) is 0 Å². The Hall–Kier alpha value is -1.59. The number of hydrogen-bond donors (Lipinski definition) is 1. The van der Waals surface area contributed by atoms with Crippen molar-refractivity contribution in [1.82, 2.24) is 4.90 Å². The van der Waals surface area contributed by atoms with Crippen molar-refractivity contribution in [2.24, 2.45) is 0 Å². The number of nitrogens with zero attached hydrogens (tertiary/aromatic N) is 1. The summed E-state index contributed by atoms with van der Waals surface area (Å²) in [7, 11) is 0. The quantitative estimate of drug-likeness (QED) is 0.860. The number of carbonyl (C=O) groups is 1. The lowest BCUT2D eigenvalue weighted by Crippen LogP contribution is -2.51. The van der Waals surface area contributed by atoms with Crippen LogP contribution in [0.4, 0.5) is 4.79 Å². The number of ether oxygens (including phenoxy) is 2. The number of aliphatic hydroxyl groups excluding tert-OH is 1. The molecule has 5 heteroatoms. The molecule has 2 unspecified atom stereocenters. The second kappa shape index (κ2) is 5.84. The van der Waals surface area contributed by atoms with Gasteiger partial charge < -0.3 is 19.5 Å². The first-order valence-electron chi connectivity index (χ1n) is 5.97. The Morgan fingerprint density at radius 1 is 1.44 bits per heavy atom. The fourth-order valence-electron chi connectivity index (χ4n) is 1.95. The highest BCUT2D eigenvalue weighted by molar-refractivity contribution is 5.70. The predicted octanol–water partition coefficient (Wildman–Crippen LogP) is 1.27. The fourth-order valence-corrected chi connectivity index (χ4v) is 1.95. The number of benzene rings is 1. The van der Waals surface area contributed by atoms with Crippen molar-refractivity contribution >= 4 is 6.09 Å². The fraction of sp³-hybridized carbons (Fsp3) is 0.462. The summed E-state index contributed by atoms with van der Waals surface area (Å²) in [5, 5.41) is 9.09. The standard InChI is InChI=1S/C13H17NO4/c1-10-7-14(8-12(9-15)17-10)13(16)18-11-5-3-2-4-6-11/h2-6,10,12,15H,7-9H2,1H3. The average Bonchev–Trinajstić information content (AvgIpc) is 2.39. The van der Waals surface area contributed by atoms with Crippen LogP contribution in [-0.4, -0.2) is 48.0 Å². The van der Waals surface area contributed by atoms with Crippen molar-refractivity contribution in [3.8, 4) is 5.75 Å². The molecule has 2 rings (SSSR count). The van der Waals surface area contributed by atoms with E-state index in [4.69, 9.17) is 14.6 Å². The maximum absolute atomic E-state index is 11.9. The van der Waals surface area contributed by atoms with E-state index in [2.05, 4.69) is 0 Å². The predicted molar refractivity (Wildman–Crippen MR) is 65.5 cm³/mol. The third-order valence-electron chi connectivity index (χ3n) is 2.74. The van der Waals surface area contributed by atoms with Crippen LogP contribution >= 0.6 is 0 Å². The molecule has 0 spiro atoms. The average molecular weight is 251 g/mol. The largest absolute Gasteiger partial charge is 0.415 e. The van der Waals surface area contributed by atoms with E-state index in [1.165, 1.54) is 0 Å². The van der Waals surface area contributed by atoms with E-state index < -0.39 is 6.09 Å². The number of para-hydroxylation sites is 1. The van der Waals surface area contributed by atoms with Crippen LogP contribution in [-0.2, 0) is 4.74 Å². The minimum Gasteiger partial charge on any atom is -0.410 e. The Bertz CT molecular complexity index is 395. The van der Waals surface area contributed by atoms with Crippen LogP contribution in [0.2, 0.25) is 0 Å². The van der Waals surface area contributed by atoms with Crippen molar-refractivity contribution in [2.75, 3.05) is 19.7 Å². The highest BCUT2D eigenvalue weighted by Gasteiger charge is 2.29. The molecule has 18 heavy (non-hydrogen) atoms. The molecule has 0 saturated carbocycles. The number of morpholine rings is 1. The first-order chi connectivity index (χ1) is 8.69. The summed E-state index contributed by atoms with van der Waals surface area (Å²) in [5.74, 6) is 0.516. The van der Waals surface area contributed by atoms with Crippen LogP contribution in [0.15, 0.2) is 30.3 Å². The highest BCUT2D eigenvalue weighted by Crippen LogP contribution is 2.15. The smallest absolute Gasteiger partial charge is 0.410 e. The molecule has 0 radical (unpaired) electrons. The lowest BCUT2D eigenvalue weighted by molar-refractivity contribution is -0.0869. The third kappa shape index (κ3) is 3.21. The van der Waals surface area contributed by atoms with Crippen LogP contribution in [0.3, 0.4) is 0 Å². The molecule has 1 amide bonds. The van der Waals surface area contributed by atoms with Crippen molar-refractivity contribution < 1.29 is 19.4 Å². The Balaban J connectivity index is 1.96. The zero-order valence-electron chi connectivity index (χ0n) is 10.3. The summed E-state index contributed by atoms with van der Waals surface area (Å²) in [6.07, 6.45) is -0.842. The molecule has 0 aromatic heterocycles. The SMILES string of the molecule is CC1CN(C(=O)Oc2ccccc2)CC(CO)O1. The molecule has 1 fully saturated rings. The Morgan fingerprint density at radius 3 is 2.83 bits per heavy atom. The molecule has 1 aromatic rings. The molecule has 1 N–H and O–H groups in total. The molecule has 98 valence electrons. The molecule has 1 aromatic carbocycles. The Morgan fingerprint density at radius 2 is 2.17 bits per heavy atom. The van der Waals surface area contributed by atoms with Gasteiger partial charge in [0, 0.05) is 0 Å². The summed E-state index contributed by atoms with van der Waals surface area (Å²) in [4.78, 5) is 13.5. The van der Waals surface area contributed by atoms with Crippen molar-refractivity contribution in [2.45, 2.75) is 19.1 Å². The summed E-state index contributed by atoms with van der Waals surface area (Å²) in [6, 6.07) is 8.93. The number of aliphatic hydroxyl groups is 1. The van der Waals surface area contributed by atoms with Gasteiger partial charge in [-0.3, -0.25) is 0 Å². The number of carbonyl (C=O) groups excluding carboxylic acids is 1. The molecule has 0 bridgehead atoms. The first kappa shape index (κ1) is 12.9. The maximum atomic E-state index is 11.9. The van der Waals surface area contributed by atoms with Crippen LogP contribution in [0, 0.1) is 0 Å². The summed E-state index contributed by atoms with van der Waals surface area (Å²) in [6.45, 7) is 2.60. The normalized spacial score (nSPS) is 23.8. The molecule has 1 saturated heterocycles. The molecule has 1 aliphatic heterocycles. The molecule has 2 atom stereocenters. The molecular formula is C13H17NO4. The second-order valence-corrected chi connectivity index (χ2v) is 4.34. The number of rotatable bonds is 2. The van der Waals surface area contributed by atoms with Gasteiger partial charge in [0.25, 0.3) is 0 Å².